The summed E-state index contributed by atoms with van der Waals surface area (Å²) >= 11 is -1.53. The van der Waals surface area contributed by atoms with Gasteiger partial charge in [0, 0.05) is 17.8 Å². The number of hydrogen-bond acceptors (Lipinski definition) is 0. The fourth-order valence-electron chi connectivity index (χ4n) is 4.45. The summed E-state index contributed by atoms with van der Waals surface area (Å²) in [6, 6.07) is 0. The molecule has 0 aliphatic heterocycles. The highest BCUT2D eigenvalue weighted by molar-refractivity contribution is 6.82. The van der Waals surface area contributed by atoms with E-state index in [-0.39, 0.29) is 0 Å². The fourth-order valence-corrected chi connectivity index (χ4v) is 5.88. The quantitative estimate of drug-likeness (QED) is 0.380. The topological polar surface area (TPSA) is 0 Å². The zero-order chi connectivity index (χ0) is 17.2. The first-order valence-corrected chi connectivity index (χ1v) is 12.7. The Morgan fingerprint density at radius 2 is 0.680 bits per heavy atom. The van der Waals surface area contributed by atoms with Crippen molar-refractivity contribution in [2.45, 2.75) is 96.3 Å². The minimum atomic E-state index is -1.53. The zero-order valence-corrected chi connectivity index (χ0v) is 17.1. The van der Waals surface area contributed by atoms with Crippen molar-refractivity contribution in [1.82, 2.24) is 0 Å². The van der Waals surface area contributed by atoms with E-state index in [4.69, 9.17) is 0 Å². The van der Waals surface area contributed by atoms with Gasteiger partial charge in [-0.25, -0.2) is 0 Å². The highest BCUT2D eigenvalue weighted by atomic mass is 27.2. The minimum absolute atomic E-state index is 0.636. The Labute approximate surface area is 160 Å². The van der Waals surface area contributed by atoms with Crippen molar-refractivity contribution in [3.8, 4) is 32.1 Å². The van der Waals surface area contributed by atoms with E-state index in [0.29, 0.717) is 17.8 Å². The third-order valence-electron chi connectivity index (χ3n) is 6.11. The molecule has 0 N–H and O–H groups in total. The van der Waals surface area contributed by atoms with Gasteiger partial charge in [-0.15, -0.1) is 17.8 Å². The molecule has 3 aliphatic rings. The lowest BCUT2D eigenvalue weighted by Crippen LogP contribution is -2.11. The van der Waals surface area contributed by atoms with Gasteiger partial charge in [0.1, 0.15) is 0 Å². The standard InChI is InChI=1S/3C8H11.Al/c3*1-2-8-6-4-3-5-7-8;/h3*8H,3-7H2;. The van der Waals surface area contributed by atoms with Crippen molar-refractivity contribution in [3.63, 3.8) is 0 Å². The summed E-state index contributed by atoms with van der Waals surface area (Å²) in [7, 11) is 0. The van der Waals surface area contributed by atoms with Crippen LogP contribution in [0.15, 0.2) is 0 Å². The molecule has 0 aromatic heterocycles. The van der Waals surface area contributed by atoms with Crippen LogP contribution in [0.2, 0.25) is 0 Å². The largest absolute Gasteiger partial charge is 0.574 e. The molecule has 25 heavy (non-hydrogen) atoms. The number of hydrogen-bond donors (Lipinski definition) is 0. The summed E-state index contributed by atoms with van der Waals surface area (Å²) in [6.45, 7) is 0. The average molecular weight is 349 g/mol. The van der Waals surface area contributed by atoms with E-state index in [9.17, 15) is 0 Å². The molecule has 3 rings (SSSR count). The molecule has 0 atom stereocenters. The molecule has 3 saturated carbocycles. The molecule has 0 heterocycles. The lowest BCUT2D eigenvalue weighted by molar-refractivity contribution is 0.430. The van der Waals surface area contributed by atoms with Crippen LogP contribution >= 0.6 is 0 Å². The molecule has 3 fully saturated rings. The summed E-state index contributed by atoms with van der Waals surface area (Å²) < 4.78 is 0. The Kier molecular flexibility index (Phi) is 8.38. The van der Waals surface area contributed by atoms with Gasteiger partial charge in [0.05, 0.1) is 0 Å². The van der Waals surface area contributed by atoms with Gasteiger partial charge in [-0.1, -0.05) is 57.8 Å². The van der Waals surface area contributed by atoms with Crippen LogP contribution in [0.4, 0.5) is 0 Å². The first kappa shape index (κ1) is 19.0. The predicted molar refractivity (Wildman–Crippen MR) is 109 cm³/mol. The zero-order valence-electron chi connectivity index (χ0n) is 15.9. The van der Waals surface area contributed by atoms with Gasteiger partial charge in [-0.05, 0) is 38.5 Å². The molecule has 0 nitrogen and oxygen atoms in total. The lowest BCUT2D eigenvalue weighted by Gasteiger charge is -2.16. The van der Waals surface area contributed by atoms with E-state index < -0.39 is 14.1 Å². The van der Waals surface area contributed by atoms with E-state index in [2.05, 4.69) is 32.1 Å². The molecular weight excluding hydrogens is 315 g/mol. The van der Waals surface area contributed by atoms with Crippen molar-refractivity contribution in [2.24, 2.45) is 17.8 Å². The predicted octanol–water partition coefficient (Wildman–Crippen LogP) is 5.85. The molecule has 0 amide bonds. The van der Waals surface area contributed by atoms with Crippen LogP contribution in [-0.4, -0.2) is 14.1 Å². The second-order valence-electron chi connectivity index (χ2n) is 8.30. The molecule has 0 aromatic carbocycles. The van der Waals surface area contributed by atoms with Crippen LogP contribution in [-0.2, 0) is 0 Å². The minimum Gasteiger partial charge on any atom is -0.168 e. The Hall–Kier alpha value is -0.788. The van der Waals surface area contributed by atoms with E-state index in [1.165, 1.54) is 96.3 Å². The Morgan fingerprint density at radius 3 is 0.960 bits per heavy atom. The molecule has 0 bridgehead atoms. The van der Waals surface area contributed by atoms with Crippen molar-refractivity contribution in [2.75, 3.05) is 0 Å². The van der Waals surface area contributed by atoms with Crippen molar-refractivity contribution in [3.05, 3.63) is 0 Å². The maximum atomic E-state index is 3.61. The van der Waals surface area contributed by atoms with Gasteiger partial charge in [-0.3, -0.25) is 0 Å². The number of rotatable bonds is 0. The second kappa shape index (κ2) is 11.0. The molecule has 0 unspecified atom stereocenters. The van der Waals surface area contributed by atoms with Crippen LogP contribution in [0.25, 0.3) is 0 Å². The molecule has 3 aliphatic carbocycles. The maximum absolute atomic E-state index is 3.61. The van der Waals surface area contributed by atoms with Crippen LogP contribution in [0.1, 0.15) is 96.3 Å². The van der Waals surface area contributed by atoms with Gasteiger partial charge in [0.2, 0.25) is 0 Å². The Balaban J connectivity index is 1.65. The molecule has 0 spiro atoms. The normalized spacial score (nSPS) is 22.6. The summed E-state index contributed by atoms with van der Waals surface area (Å²) in [5.74, 6) is 12.7. The van der Waals surface area contributed by atoms with Gasteiger partial charge in [0.25, 0.3) is 0 Å². The summed E-state index contributed by atoms with van der Waals surface area (Å²) in [6.07, 6.45) is 20.3. The van der Waals surface area contributed by atoms with Crippen molar-refractivity contribution < 1.29 is 0 Å². The molecule has 1 heteroatoms. The highest BCUT2D eigenvalue weighted by Gasteiger charge is 2.16. The maximum Gasteiger partial charge on any atom is 0.574 e. The third kappa shape index (κ3) is 7.15. The van der Waals surface area contributed by atoms with Gasteiger partial charge in [-0.2, -0.15) is 14.3 Å². The van der Waals surface area contributed by atoms with Crippen LogP contribution in [0.3, 0.4) is 0 Å². The molecule has 0 saturated heterocycles. The molecule has 0 radical (unpaired) electrons. The molecule has 0 aromatic rings. The highest BCUT2D eigenvalue weighted by Crippen LogP contribution is 2.24. The van der Waals surface area contributed by atoms with Crippen LogP contribution < -0.4 is 0 Å². The molecular formula is C24H33Al. The monoisotopic (exact) mass is 348 g/mol. The van der Waals surface area contributed by atoms with Crippen molar-refractivity contribution >= 4 is 14.1 Å². The van der Waals surface area contributed by atoms with Crippen molar-refractivity contribution in [1.29, 1.82) is 0 Å². The van der Waals surface area contributed by atoms with E-state index >= 15 is 0 Å². The third-order valence-corrected chi connectivity index (χ3v) is 7.48. The smallest absolute Gasteiger partial charge is 0.168 e. The SMILES string of the molecule is C(#[C][Al]([C]#CC1CCCCC1)[C]#CC1CCCCC1)C1CCCCC1. The van der Waals surface area contributed by atoms with E-state index in [1.807, 2.05) is 0 Å². The second-order valence-corrected chi connectivity index (χ2v) is 10.0. The Morgan fingerprint density at radius 1 is 0.400 bits per heavy atom. The molecule has 132 valence electrons. The van der Waals surface area contributed by atoms with Crippen LogP contribution in [0, 0.1) is 49.9 Å². The van der Waals surface area contributed by atoms with E-state index in [1.54, 1.807) is 0 Å². The van der Waals surface area contributed by atoms with Gasteiger partial charge in [0.15, 0.2) is 0 Å². The van der Waals surface area contributed by atoms with Gasteiger partial charge >= 0.3 is 14.1 Å². The first-order chi connectivity index (χ1) is 12.4. The average Bonchev–Trinajstić information content (AvgIpc) is 2.70. The lowest BCUT2D eigenvalue weighted by atomic mass is 9.90. The summed E-state index contributed by atoms with van der Waals surface area (Å²) in [5.41, 5.74) is 0. The Bertz CT molecular complexity index is 481. The summed E-state index contributed by atoms with van der Waals surface area (Å²) in [5, 5.41) is 0. The van der Waals surface area contributed by atoms with Gasteiger partial charge < -0.3 is 0 Å². The van der Waals surface area contributed by atoms with Crippen LogP contribution in [0.5, 0.6) is 0 Å². The first-order valence-electron chi connectivity index (χ1n) is 10.9. The fraction of sp³-hybridized carbons (Fsp3) is 0.750. The van der Waals surface area contributed by atoms with E-state index in [0.717, 1.165) is 0 Å². The summed E-state index contributed by atoms with van der Waals surface area (Å²) in [4.78, 5) is 10.8.